The third kappa shape index (κ3) is 9.38. The van der Waals surface area contributed by atoms with Crippen molar-refractivity contribution in [1.82, 2.24) is 15.6 Å². The van der Waals surface area contributed by atoms with E-state index in [0.717, 1.165) is 61.9 Å². The summed E-state index contributed by atoms with van der Waals surface area (Å²) < 4.78 is 11.0. The molecule has 0 saturated heterocycles. The maximum atomic E-state index is 5.82. The molecule has 0 radical (unpaired) electrons. The molecule has 0 unspecified atom stereocenters. The van der Waals surface area contributed by atoms with Gasteiger partial charge in [0, 0.05) is 25.8 Å². The number of hydrogen-bond acceptors (Lipinski definition) is 4. The summed E-state index contributed by atoms with van der Waals surface area (Å²) in [6.07, 6.45) is 4.55. The Hall–Kier alpha value is -1.74. The van der Waals surface area contributed by atoms with Crippen molar-refractivity contribution in [3.05, 3.63) is 52.8 Å². The molecule has 2 aromatic rings. The Kier molecular flexibility index (Phi) is 13.3. The SMILES string of the molecule is CCNC(=NCCCc1ccc(OC)c(OCC)c1)NCCc1ccc(Cl)nc1.I. The zero-order valence-corrected chi connectivity index (χ0v) is 21.0. The number of pyridine rings is 1. The highest BCUT2D eigenvalue weighted by molar-refractivity contribution is 14.0. The Bertz CT molecular complexity index is 772. The molecule has 0 saturated carbocycles. The minimum absolute atomic E-state index is 0. The fourth-order valence-corrected chi connectivity index (χ4v) is 2.95. The Balaban J connectivity index is 0.00000450. The van der Waals surface area contributed by atoms with Crippen molar-refractivity contribution < 1.29 is 9.47 Å². The predicted octanol–water partition coefficient (Wildman–Crippen LogP) is 4.49. The van der Waals surface area contributed by atoms with E-state index in [2.05, 4.69) is 39.7 Å². The van der Waals surface area contributed by atoms with Gasteiger partial charge in [-0.05, 0) is 62.4 Å². The average Bonchev–Trinajstić information content (AvgIpc) is 2.73. The molecule has 0 aliphatic rings. The van der Waals surface area contributed by atoms with E-state index in [1.165, 1.54) is 5.56 Å². The topological polar surface area (TPSA) is 67.8 Å². The number of methoxy groups -OCH3 is 1. The molecule has 0 aliphatic heterocycles. The number of benzene rings is 1. The first kappa shape index (κ1) is 26.3. The molecule has 6 nitrogen and oxygen atoms in total. The molecular weight excluding hydrogens is 515 g/mol. The van der Waals surface area contributed by atoms with Gasteiger partial charge in [-0.15, -0.1) is 24.0 Å². The van der Waals surface area contributed by atoms with E-state index in [1.54, 1.807) is 13.3 Å². The fourth-order valence-electron chi connectivity index (χ4n) is 2.84. The number of halogens is 2. The summed E-state index contributed by atoms with van der Waals surface area (Å²) in [7, 11) is 1.66. The third-order valence-electron chi connectivity index (χ3n) is 4.26. The normalized spacial score (nSPS) is 10.9. The van der Waals surface area contributed by atoms with Crippen molar-refractivity contribution in [2.75, 3.05) is 33.4 Å². The van der Waals surface area contributed by atoms with Crippen molar-refractivity contribution in [2.45, 2.75) is 33.1 Å². The van der Waals surface area contributed by atoms with Gasteiger partial charge in [-0.2, -0.15) is 0 Å². The monoisotopic (exact) mass is 546 g/mol. The Morgan fingerprint density at radius 1 is 1.07 bits per heavy atom. The van der Waals surface area contributed by atoms with Gasteiger partial charge in [0.2, 0.25) is 0 Å². The molecule has 0 atom stereocenters. The number of guanidine groups is 1. The maximum Gasteiger partial charge on any atom is 0.191 e. The highest BCUT2D eigenvalue weighted by atomic mass is 127. The van der Waals surface area contributed by atoms with Crippen LogP contribution in [-0.2, 0) is 12.8 Å². The molecule has 0 spiro atoms. The van der Waals surface area contributed by atoms with Gasteiger partial charge in [-0.25, -0.2) is 4.98 Å². The molecule has 8 heteroatoms. The number of aryl methyl sites for hydroxylation is 1. The summed E-state index contributed by atoms with van der Waals surface area (Å²) in [5.41, 5.74) is 2.36. The van der Waals surface area contributed by atoms with Gasteiger partial charge in [-0.3, -0.25) is 4.99 Å². The summed E-state index contributed by atoms with van der Waals surface area (Å²) in [6, 6.07) is 9.89. The van der Waals surface area contributed by atoms with Crippen LogP contribution in [0.15, 0.2) is 41.5 Å². The highest BCUT2D eigenvalue weighted by Crippen LogP contribution is 2.28. The second kappa shape index (κ2) is 15.1. The van der Waals surface area contributed by atoms with Crippen molar-refractivity contribution in [2.24, 2.45) is 4.99 Å². The minimum Gasteiger partial charge on any atom is -0.493 e. The summed E-state index contributed by atoms with van der Waals surface area (Å²) in [5.74, 6) is 2.39. The average molecular weight is 547 g/mol. The van der Waals surface area contributed by atoms with Crippen LogP contribution in [-0.4, -0.2) is 44.3 Å². The molecule has 2 rings (SSSR count). The van der Waals surface area contributed by atoms with Crippen molar-refractivity contribution in [3.63, 3.8) is 0 Å². The van der Waals surface area contributed by atoms with E-state index in [1.807, 2.05) is 25.1 Å². The molecule has 0 amide bonds. The van der Waals surface area contributed by atoms with Crippen LogP contribution in [0.25, 0.3) is 0 Å². The minimum atomic E-state index is 0. The zero-order chi connectivity index (χ0) is 20.9. The number of nitrogens with one attached hydrogen (secondary N) is 2. The van der Waals surface area contributed by atoms with E-state index in [9.17, 15) is 0 Å². The molecule has 1 aromatic carbocycles. The number of ether oxygens (including phenoxy) is 2. The van der Waals surface area contributed by atoms with Crippen LogP contribution in [0.4, 0.5) is 0 Å². The van der Waals surface area contributed by atoms with Crippen LogP contribution in [0, 0.1) is 0 Å². The van der Waals surface area contributed by atoms with Crippen molar-refractivity contribution in [1.29, 1.82) is 0 Å². The van der Waals surface area contributed by atoms with Crippen molar-refractivity contribution in [3.8, 4) is 11.5 Å². The van der Waals surface area contributed by atoms with Gasteiger partial charge in [-0.1, -0.05) is 23.7 Å². The molecule has 0 aliphatic carbocycles. The molecular formula is C22H32ClIN4O2. The molecule has 1 heterocycles. The van der Waals surface area contributed by atoms with Gasteiger partial charge >= 0.3 is 0 Å². The molecule has 1 aromatic heterocycles. The standard InChI is InChI=1S/C22H31ClN4O2.HI/c1-4-24-22(26-14-12-18-9-11-21(23)27-16-18)25-13-6-7-17-8-10-19(28-3)20(15-17)29-5-2;/h8-11,15-16H,4-7,12-14H2,1-3H3,(H2,24,25,26);1H. The van der Waals surface area contributed by atoms with Gasteiger partial charge in [0.25, 0.3) is 0 Å². The lowest BCUT2D eigenvalue weighted by molar-refractivity contribution is 0.310. The second-order valence-corrected chi connectivity index (χ2v) is 6.84. The van der Waals surface area contributed by atoms with Crippen LogP contribution >= 0.6 is 35.6 Å². The number of hydrogen-bond donors (Lipinski definition) is 2. The number of nitrogens with zero attached hydrogens (tertiary/aromatic N) is 2. The van der Waals surface area contributed by atoms with Crippen molar-refractivity contribution >= 4 is 41.5 Å². The van der Waals surface area contributed by atoms with Crippen LogP contribution < -0.4 is 20.1 Å². The van der Waals surface area contributed by atoms with E-state index in [0.29, 0.717) is 11.8 Å². The lowest BCUT2D eigenvalue weighted by Crippen LogP contribution is -2.38. The summed E-state index contributed by atoms with van der Waals surface area (Å²) in [4.78, 5) is 8.77. The number of rotatable bonds is 11. The second-order valence-electron chi connectivity index (χ2n) is 6.45. The van der Waals surface area contributed by atoms with Gasteiger partial charge in [0.05, 0.1) is 13.7 Å². The van der Waals surface area contributed by atoms with Crippen LogP contribution in [0.1, 0.15) is 31.4 Å². The Morgan fingerprint density at radius 2 is 1.87 bits per heavy atom. The first-order valence-corrected chi connectivity index (χ1v) is 10.5. The number of aliphatic imine (C=N–C) groups is 1. The van der Waals surface area contributed by atoms with Gasteiger partial charge < -0.3 is 20.1 Å². The van der Waals surface area contributed by atoms with Gasteiger partial charge in [0.15, 0.2) is 17.5 Å². The summed E-state index contributed by atoms with van der Waals surface area (Å²) in [6.45, 7) is 7.00. The molecule has 166 valence electrons. The van der Waals surface area contributed by atoms with Crippen LogP contribution in [0.2, 0.25) is 5.15 Å². The largest absolute Gasteiger partial charge is 0.493 e. The predicted molar refractivity (Wildman–Crippen MR) is 135 cm³/mol. The first-order chi connectivity index (χ1) is 14.2. The zero-order valence-electron chi connectivity index (χ0n) is 17.9. The Labute approximate surface area is 201 Å². The maximum absolute atomic E-state index is 5.82. The van der Waals surface area contributed by atoms with E-state index >= 15 is 0 Å². The molecule has 0 fully saturated rings. The summed E-state index contributed by atoms with van der Waals surface area (Å²) >= 11 is 5.82. The lowest BCUT2D eigenvalue weighted by atomic mass is 10.1. The van der Waals surface area contributed by atoms with Crippen LogP contribution in [0.3, 0.4) is 0 Å². The van der Waals surface area contributed by atoms with Crippen LogP contribution in [0.5, 0.6) is 11.5 Å². The molecule has 30 heavy (non-hydrogen) atoms. The number of aromatic nitrogens is 1. The lowest BCUT2D eigenvalue weighted by Gasteiger charge is -2.12. The quantitative estimate of drug-likeness (QED) is 0.143. The smallest absolute Gasteiger partial charge is 0.191 e. The van der Waals surface area contributed by atoms with E-state index in [4.69, 9.17) is 21.1 Å². The molecule has 2 N–H and O–H groups in total. The molecule has 0 bridgehead atoms. The van der Waals surface area contributed by atoms with E-state index in [-0.39, 0.29) is 24.0 Å². The third-order valence-corrected chi connectivity index (χ3v) is 4.48. The fraction of sp³-hybridized carbons (Fsp3) is 0.455. The Morgan fingerprint density at radius 3 is 2.53 bits per heavy atom. The van der Waals surface area contributed by atoms with Gasteiger partial charge in [0.1, 0.15) is 5.15 Å². The summed E-state index contributed by atoms with van der Waals surface area (Å²) in [5, 5.41) is 7.16. The highest BCUT2D eigenvalue weighted by Gasteiger charge is 2.05. The first-order valence-electron chi connectivity index (χ1n) is 10.1. The van der Waals surface area contributed by atoms with E-state index < -0.39 is 0 Å².